The van der Waals surface area contributed by atoms with Gasteiger partial charge < -0.3 is 4.90 Å². The van der Waals surface area contributed by atoms with Gasteiger partial charge in [-0.2, -0.15) is 9.97 Å². The summed E-state index contributed by atoms with van der Waals surface area (Å²) in [4.78, 5) is 54.6. The molecule has 76 heavy (non-hydrogen) atoms. The van der Waals surface area contributed by atoms with Crippen LogP contribution in [0, 0.1) is 6.57 Å². The summed E-state index contributed by atoms with van der Waals surface area (Å²) >= 11 is 0. The topological polar surface area (TPSA) is 127 Å². The summed E-state index contributed by atoms with van der Waals surface area (Å²) in [5, 5.41) is 0. The predicted octanol–water partition coefficient (Wildman–Crippen LogP) is 15.4. The van der Waals surface area contributed by atoms with Gasteiger partial charge in [0.15, 0.2) is 52.3 Å². The molecule has 4 heterocycles. The molecule has 0 aliphatic carbocycles. The molecule has 12 nitrogen and oxygen atoms in total. The number of hydrogen-bond acceptors (Lipinski definition) is 11. The molecule has 0 amide bonds. The number of hydrogen-bond donors (Lipinski definition) is 0. The molecule has 0 N–H and O–H groups in total. The summed E-state index contributed by atoms with van der Waals surface area (Å²) in [5.41, 5.74) is 10.6. The fourth-order valence-electron chi connectivity index (χ4n) is 9.34. The highest BCUT2D eigenvalue weighted by molar-refractivity contribution is 6.04. The van der Waals surface area contributed by atoms with Gasteiger partial charge in [0.25, 0.3) is 0 Å². The molecular weight excluding hydrogens is 937 g/mol. The quantitative estimate of drug-likeness (QED) is 0.122. The Balaban J connectivity index is 1.07. The van der Waals surface area contributed by atoms with E-state index in [1.807, 2.05) is 229 Å². The minimum atomic E-state index is 0.384. The number of benzene rings is 9. The van der Waals surface area contributed by atoms with Gasteiger partial charge in [-0.1, -0.05) is 200 Å². The highest BCUT2D eigenvalue weighted by atomic mass is 15.3. The third-order valence-electron chi connectivity index (χ3n) is 13.0. The first-order valence-corrected chi connectivity index (χ1v) is 24.6. The monoisotopic (exact) mass is 976 g/mol. The lowest BCUT2D eigenvalue weighted by molar-refractivity contribution is 1.01. The van der Waals surface area contributed by atoms with Crippen molar-refractivity contribution in [3.63, 3.8) is 0 Å². The van der Waals surface area contributed by atoms with Gasteiger partial charge in [-0.3, -0.25) is 4.90 Å². The number of nitrogens with zero attached hydrogens (tertiary/aromatic N) is 12. The van der Waals surface area contributed by atoms with Crippen LogP contribution in [-0.4, -0.2) is 44.9 Å². The highest BCUT2D eigenvalue weighted by Gasteiger charge is 2.35. The average molecular weight is 977 g/mol. The Hall–Kier alpha value is -10.9. The van der Waals surface area contributed by atoms with Crippen LogP contribution in [0.4, 0.5) is 40.1 Å². The molecule has 0 unspecified atom stereocenters. The minimum Gasteiger partial charge on any atom is -0.306 e. The average Bonchev–Trinajstić information content (AvgIpc) is 3.51. The lowest BCUT2D eigenvalue weighted by Crippen LogP contribution is -2.26. The van der Waals surface area contributed by atoms with Gasteiger partial charge in [0.2, 0.25) is 5.95 Å². The Morgan fingerprint density at radius 3 is 0.961 bits per heavy atom. The zero-order chi connectivity index (χ0) is 50.8. The number of fused-ring (bicyclic) bond motifs is 2. The third kappa shape index (κ3) is 8.61. The van der Waals surface area contributed by atoms with E-state index in [1.54, 1.807) is 0 Å². The maximum atomic E-state index is 8.27. The fraction of sp³-hybridized carbons (Fsp3) is 0. The van der Waals surface area contributed by atoms with Gasteiger partial charge in [-0.05, 0) is 42.5 Å². The normalized spacial score (nSPS) is 11.6. The zero-order valence-corrected chi connectivity index (χ0v) is 40.5. The van der Waals surface area contributed by atoms with E-state index >= 15 is 0 Å². The van der Waals surface area contributed by atoms with Crippen molar-refractivity contribution < 1.29 is 0 Å². The molecule has 13 rings (SSSR count). The van der Waals surface area contributed by atoms with Crippen molar-refractivity contribution in [3.05, 3.63) is 254 Å². The first-order chi connectivity index (χ1) is 37.6. The van der Waals surface area contributed by atoms with Crippen LogP contribution in [0.25, 0.3) is 95.9 Å². The van der Waals surface area contributed by atoms with E-state index in [1.165, 1.54) is 0 Å². The fourth-order valence-corrected chi connectivity index (χ4v) is 9.34. The summed E-state index contributed by atoms with van der Waals surface area (Å²) in [6, 6.07) is 79.5. The van der Waals surface area contributed by atoms with Crippen molar-refractivity contribution in [1.82, 2.24) is 44.9 Å². The number of rotatable bonds is 10. The smallest absolute Gasteiger partial charge is 0.238 e. The molecule has 356 valence electrons. The second kappa shape index (κ2) is 19.6. The van der Waals surface area contributed by atoms with E-state index in [2.05, 4.69) is 27.9 Å². The van der Waals surface area contributed by atoms with Crippen LogP contribution in [0.5, 0.6) is 0 Å². The van der Waals surface area contributed by atoms with Crippen LogP contribution in [0.2, 0.25) is 0 Å². The maximum absolute atomic E-state index is 8.27. The first kappa shape index (κ1) is 45.0. The molecule has 12 aromatic rings. The van der Waals surface area contributed by atoms with Gasteiger partial charge in [0.05, 0.1) is 35.0 Å². The van der Waals surface area contributed by atoms with Gasteiger partial charge in [0.1, 0.15) is 0 Å². The number of anilines is 6. The number of para-hydroxylation sites is 2. The molecule has 0 saturated carbocycles. The molecule has 0 fully saturated rings. The van der Waals surface area contributed by atoms with E-state index in [9.17, 15) is 0 Å². The molecule has 0 spiro atoms. The number of aromatic nitrogens is 9. The molecule has 3 aromatic heterocycles. The SMILES string of the molecule is [C-]#[N+]c1ccc2c(c1)N(c1nc(-c3ccccc3)nc(-c3ccccc3)n1)c1ccccc1N2c1ccc(-c2nc(-c3ccccc3)nc(-c3ccccc3)n2)cc1-c1nc(-c2ccccc2)nc(-c2ccccc2)n1. The summed E-state index contributed by atoms with van der Waals surface area (Å²) in [6.45, 7) is 8.27. The standard InChI is InChI=1S/C64H40N12/c1-65-49-37-39-54-55(41-49)76(64-73-60(46-30-16-6-17-31-46)70-61(74-64)47-32-18-7-19-33-47)53-35-21-20-34-52(53)75(54)51-38-36-48(62-68-56(42-22-8-2-9-23-42)66-57(69-62)43-24-10-3-11-25-43)40-50(51)63-71-58(44-26-12-4-13-27-44)67-59(72-63)45-28-14-5-15-29-45/h2-41H. The third-order valence-corrected chi connectivity index (χ3v) is 13.0. The Morgan fingerprint density at radius 2 is 0.566 bits per heavy atom. The van der Waals surface area contributed by atoms with Gasteiger partial charge in [0, 0.05) is 44.5 Å². The molecular formula is C64H40N12. The molecule has 0 saturated heterocycles. The molecule has 1 aliphatic rings. The molecule has 0 radical (unpaired) electrons. The van der Waals surface area contributed by atoms with Crippen molar-refractivity contribution in [2.75, 3.05) is 9.80 Å². The lowest BCUT2D eigenvalue weighted by atomic mass is 10.0. The Kier molecular flexibility index (Phi) is 11.6. The van der Waals surface area contributed by atoms with E-state index in [0.717, 1.165) is 56.1 Å². The maximum Gasteiger partial charge on any atom is 0.238 e. The van der Waals surface area contributed by atoms with E-state index in [4.69, 9.17) is 51.4 Å². The van der Waals surface area contributed by atoms with Crippen LogP contribution >= 0.6 is 0 Å². The molecule has 9 aromatic carbocycles. The second-order valence-electron chi connectivity index (χ2n) is 17.8. The van der Waals surface area contributed by atoms with Crippen LogP contribution in [-0.2, 0) is 0 Å². The molecule has 1 aliphatic heterocycles. The molecule has 12 heteroatoms. The van der Waals surface area contributed by atoms with Crippen LogP contribution in [0.1, 0.15) is 0 Å². The largest absolute Gasteiger partial charge is 0.306 e. The van der Waals surface area contributed by atoms with Gasteiger partial charge in [-0.25, -0.2) is 39.7 Å². The van der Waals surface area contributed by atoms with Gasteiger partial charge in [-0.15, -0.1) is 0 Å². The Bertz CT molecular complexity index is 3950. The second-order valence-corrected chi connectivity index (χ2v) is 17.8. The van der Waals surface area contributed by atoms with Crippen molar-refractivity contribution in [2.24, 2.45) is 0 Å². The van der Waals surface area contributed by atoms with Crippen molar-refractivity contribution in [2.45, 2.75) is 0 Å². The lowest BCUT2D eigenvalue weighted by Gasteiger charge is -2.40. The van der Waals surface area contributed by atoms with E-state index in [0.29, 0.717) is 75.0 Å². The first-order valence-electron chi connectivity index (χ1n) is 24.6. The van der Waals surface area contributed by atoms with E-state index < -0.39 is 0 Å². The zero-order valence-electron chi connectivity index (χ0n) is 40.5. The van der Waals surface area contributed by atoms with Crippen molar-refractivity contribution >= 4 is 40.1 Å². The Labute approximate surface area is 438 Å². The molecule has 0 bridgehead atoms. The summed E-state index contributed by atoms with van der Waals surface area (Å²) < 4.78 is 0. The minimum absolute atomic E-state index is 0.384. The molecule has 0 atom stereocenters. The summed E-state index contributed by atoms with van der Waals surface area (Å²) in [5.74, 6) is 4.36. The predicted molar refractivity (Wildman–Crippen MR) is 299 cm³/mol. The van der Waals surface area contributed by atoms with Crippen LogP contribution in [0.3, 0.4) is 0 Å². The van der Waals surface area contributed by atoms with Gasteiger partial charge >= 0.3 is 0 Å². The van der Waals surface area contributed by atoms with Crippen LogP contribution < -0.4 is 9.80 Å². The Morgan fingerprint density at radius 1 is 0.250 bits per heavy atom. The van der Waals surface area contributed by atoms with E-state index in [-0.39, 0.29) is 0 Å². The highest BCUT2D eigenvalue weighted by Crippen LogP contribution is 2.56. The van der Waals surface area contributed by atoms with Crippen molar-refractivity contribution in [1.29, 1.82) is 0 Å². The van der Waals surface area contributed by atoms with Crippen molar-refractivity contribution in [3.8, 4) is 91.1 Å². The summed E-state index contributed by atoms with van der Waals surface area (Å²) in [7, 11) is 0. The summed E-state index contributed by atoms with van der Waals surface area (Å²) in [6.07, 6.45) is 0. The van der Waals surface area contributed by atoms with Crippen LogP contribution in [0.15, 0.2) is 243 Å².